The van der Waals surface area contributed by atoms with Crippen LogP contribution < -0.4 is 0 Å². The number of esters is 1. The third-order valence-electron chi connectivity index (χ3n) is 4.71. The van der Waals surface area contributed by atoms with Crippen LogP contribution in [0.4, 0.5) is 8.78 Å². The number of aliphatic imine (C=N–C) groups is 1. The Morgan fingerprint density at radius 3 is 2.48 bits per heavy atom. The lowest BCUT2D eigenvalue weighted by molar-refractivity contribution is -0.137. The SMILES string of the molecule is CCOC(=O)C(C=NCCO[Si](C)(C)C(C)(C)C)=C(O)c1cc(I)cc(F)c1F. The van der Waals surface area contributed by atoms with Crippen LogP contribution in [0.15, 0.2) is 22.7 Å². The fraction of sp³-hybridized carbons (Fsp3) is 0.500. The van der Waals surface area contributed by atoms with Gasteiger partial charge in [0.05, 0.1) is 25.3 Å². The van der Waals surface area contributed by atoms with Crippen LogP contribution in [0.2, 0.25) is 18.1 Å². The second kappa shape index (κ2) is 10.6. The molecule has 1 aromatic rings. The van der Waals surface area contributed by atoms with Crippen LogP contribution in [0.5, 0.6) is 0 Å². The van der Waals surface area contributed by atoms with Gasteiger partial charge in [0.25, 0.3) is 0 Å². The van der Waals surface area contributed by atoms with Crippen molar-refractivity contribution in [2.24, 2.45) is 4.99 Å². The van der Waals surface area contributed by atoms with E-state index in [-0.39, 0.29) is 23.8 Å². The van der Waals surface area contributed by atoms with Crippen molar-refractivity contribution in [3.05, 3.63) is 38.5 Å². The zero-order valence-corrected chi connectivity index (χ0v) is 20.8. The molecule has 0 bridgehead atoms. The molecular weight excluding hydrogens is 511 g/mol. The predicted octanol–water partition coefficient (Wildman–Crippen LogP) is 5.49. The first kappa shape index (κ1) is 25.7. The minimum absolute atomic E-state index is 0.0526. The lowest BCUT2D eigenvalue weighted by Crippen LogP contribution is -2.41. The molecule has 0 amide bonds. The van der Waals surface area contributed by atoms with Gasteiger partial charge in [0.15, 0.2) is 20.0 Å². The molecule has 162 valence electrons. The molecule has 0 spiro atoms. The molecule has 0 saturated heterocycles. The van der Waals surface area contributed by atoms with E-state index in [0.29, 0.717) is 10.2 Å². The quantitative estimate of drug-likeness (QED) is 0.0693. The van der Waals surface area contributed by atoms with Crippen LogP contribution in [0.1, 0.15) is 33.3 Å². The van der Waals surface area contributed by atoms with Crippen molar-refractivity contribution in [1.29, 1.82) is 0 Å². The summed E-state index contributed by atoms with van der Waals surface area (Å²) in [6.07, 6.45) is 1.11. The summed E-state index contributed by atoms with van der Waals surface area (Å²) in [5.41, 5.74) is -0.777. The molecule has 0 aromatic heterocycles. The molecule has 0 aliphatic heterocycles. The van der Waals surface area contributed by atoms with Crippen LogP contribution >= 0.6 is 22.6 Å². The van der Waals surface area contributed by atoms with Crippen molar-refractivity contribution < 1.29 is 27.8 Å². The van der Waals surface area contributed by atoms with Gasteiger partial charge in [-0.25, -0.2) is 13.6 Å². The molecule has 0 radical (unpaired) electrons. The van der Waals surface area contributed by atoms with Gasteiger partial charge in [0.2, 0.25) is 0 Å². The number of carbonyl (C=O) groups excluding carboxylic acids is 1. The van der Waals surface area contributed by atoms with Gasteiger partial charge < -0.3 is 14.3 Å². The summed E-state index contributed by atoms with van der Waals surface area (Å²) in [7, 11) is -1.93. The number of hydrogen-bond donors (Lipinski definition) is 1. The number of rotatable bonds is 8. The molecule has 0 aliphatic carbocycles. The van der Waals surface area contributed by atoms with Crippen molar-refractivity contribution in [2.45, 2.75) is 45.8 Å². The summed E-state index contributed by atoms with van der Waals surface area (Å²) in [5, 5.41) is 10.5. The molecule has 9 heteroatoms. The van der Waals surface area contributed by atoms with Gasteiger partial charge in [-0.1, -0.05) is 20.8 Å². The molecule has 5 nitrogen and oxygen atoms in total. The number of ether oxygens (including phenoxy) is 1. The minimum Gasteiger partial charge on any atom is -0.506 e. The summed E-state index contributed by atoms with van der Waals surface area (Å²) in [6, 6.07) is 2.23. The summed E-state index contributed by atoms with van der Waals surface area (Å²) in [4.78, 5) is 16.3. The van der Waals surface area contributed by atoms with Crippen LogP contribution in [0.3, 0.4) is 0 Å². The Bertz CT molecular complexity index is 804. The Balaban J connectivity index is 3.10. The van der Waals surface area contributed by atoms with E-state index < -0.39 is 37.2 Å². The highest BCUT2D eigenvalue weighted by molar-refractivity contribution is 14.1. The van der Waals surface area contributed by atoms with E-state index in [0.717, 1.165) is 12.3 Å². The van der Waals surface area contributed by atoms with Crippen LogP contribution in [0.25, 0.3) is 5.76 Å². The topological polar surface area (TPSA) is 68.1 Å². The number of halogens is 3. The number of nitrogens with zero attached hydrogens (tertiary/aromatic N) is 1. The fourth-order valence-corrected chi connectivity index (χ4v) is 3.64. The molecule has 0 aliphatic rings. The smallest absolute Gasteiger partial charge is 0.343 e. The number of carbonyl (C=O) groups is 1. The average molecular weight is 539 g/mol. The highest BCUT2D eigenvalue weighted by Crippen LogP contribution is 2.36. The maximum atomic E-state index is 14.1. The molecule has 1 N–H and O–H groups in total. The lowest BCUT2D eigenvalue weighted by atomic mass is 10.1. The van der Waals surface area contributed by atoms with E-state index in [2.05, 4.69) is 38.9 Å². The molecule has 0 heterocycles. The molecule has 0 fully saturated rings. The number of aliphatic hydroxyl groups is 1. The predicted molar refractivity (Wildman–Crippen MR) is 122 cm³/mol. The number of benzene rings is 1. The fourth-order valence-electron chi connectivity index (χ4n) is 2.02. The van der Waals surface area contributed by atoms with E-state index in [1.54, 1.807) is 29.5 Å². The Labute approximate surface area is 185 Å². The zero-order chi connectivity index (χ0) is 22.4. The van der Waals surface area contributed by atoms with Gasteiger partial charge in [-0.15, -0.1) is 0 Å². The van der Waals surface area contributed by atoms with Gasteiger partial charge in [-0.2, -0.15) is 0 Å². The number of hydrogen-bond acceptors (Lipinski definition) is 5. The molecule has 1 rings (SSSR count). The van der Waals surface area contributed by atoms with E-state index in [9.17, 15) is 18.7 Å². The standard InChI is InChI=1S/C20H28F2INO4Si/c1-7-27-19(26)15(12-24-8-9-28-29(5,6)20(2,3)4)18(25)14-10-13(23)11-16(21)17(14)22/h10-12,25H,7-9H2,1-6H3. The molecule has 0 saturated carbocycles. The van der Waals surface area contributed by atoms with E-state index in [1.807, 2.05) is 0 Å². The normalized spacial score (nSPS) is 13.6. The van der Waals surface area contributed by atoms with Gasteiger partial charge in [-0.3, -0.25) is 4.99 Å². The Kier molecular flexibility index (Phi) is 9.42. The summed E-state index contributed by atoms with van der Waals surface area (Å²) in [6.45, 7) is 12.8. The second-order valence-corrected chi connectivity index (χ2v) is 13.9. The first-order valence-electron chi connectivity index (χ1n) is 9.21. The monoisotopic (exact) mass is 539 g/mol. The first-order valence-corrected chi connectivity index (χ1v) is 13.2. The van der Waals surface area contributed by atoms with Crippen molar-refractivity contribution in [3.63, 3.8) is 0 Å². The second-order valence-electron chi connectivity index (χ2n) is 7.88. The van der Waals surface area contributed by atoms with E-state index in [1.165, 1.54) is 6.07 Å². The molecule has 1 aromatic carbocycles. The third-order valence-corrected chi connectivity index (χ3v) is 9.87. The van der Waals surface area contributed by atoms with Crippen LogP contribution in [0, 0.1) is 15.2 Å². The van der Waals surface area contributed by atoms with Crippen molar-refractivity contribution in [2.75, 3.05) is 19.8 Å². The summed E-state index contributed by atoms with van der Waals surface area (Å²) < 4.78 is 39.1. The lowest BCUT2D eigenvalue weighted by Gasteiger charge is -2.35. The largest absolute Gasteiger partial charge is 0.506 e. The first-order chi connectivity index (χ1) is 13.3. The average Bonchev–Trinajstić information content (AvgIpc) is 2.59. The van der Waals surface area contributed by atoms with Gasteiger partial charge in [0, 0.05) is 9.78 Å². The molecule has 0 atom stereocenters. The van der Waals surface area contributed by atoms with Crippen molar-refractivity contribution >= 4 is 48.9 Å². The Morgan fingerprint density at radius 1 is 1.31 bits per heavy atom. The molecular formula is C20H28F2INO4Si. The van der Waals surface area contributed by atoms with Crippen LogP contribution in [-0.4, -0.2) is 45.4 Å². The maximum Gasteiger partial charge on any atom is 0.343 e. The highest BCUT2D eigenvalue weighted by atomic mass is 127. The van der Waals surface area contributed by atoms with Crippen LogP contribution in [-0.2, 0) is 14.0 Å². The summed E-state index contributed by atoms with van der Waals surface area (Å²) in [5.74, 6) is -3.98. The highest BCUT2D eigenvalue weighted by Gasteiger charge is 2.36. The molecule has 29 heavy (non-hydrogen) atoms. The third kappa shape index (κ3) is 7.14. The Hall–Kier alpha value is -1.33. The van der Waals surface area contributed by atoms with E-state index in [4.69, 9.17) is 9.16 Å². The molecule has 0 unspecified atom stereocenters. The number of aliphatic hydroxyl groups excluding tert-OH is 1. The Morgan fingerprint density at radius 2 is 1.93 bits per heavy atom. The minimum atomic E-state index is -1.93. The van der Waals surface area contributed by atoms with Crippen molar-refractivity contribution in [1.82, 2.24) is 0 Å². The van der Waals surface area contributed by atoms with E-state index >= 15 is 0 Å². The van der Waals surface area contributed by atoms with Crippen molar-refractivity contribution in [3.8, 4) is 0 Å². The maximum absolute atomic E-state index is 14.1. The van der Waals surface area contributed by atoms with Gasteiger partial charge in [-0.05, 0) is 59.8 Å². The summed E-state index contributed by atoms with van der Waals surface area (Å²) >= 11 is 1.79. The van der Waals surface area contributed by atoms with Gasteiger partial charge in [0.1, 0.15) is 11.3 Å². The van der Waals surface area contributed by atoms with Gasteiger partial charge >= 0.3 is 5.97 Å². The zero-order valence-electron chi connectivity index (χ0n) is 17.6.